The monoisotopic (exact) mass is 318 g/mol. The lowest BCUT2D eigenvalue weighted by Gasteiger charge is -2.39. The fourth-order valence-corrected chi connectivity index (χ4v) is 4.48. The molecule has 2 aromatic rings. The fourth-order valence-electron chi connectivity index (χ4n) is 4.48. The minimum atomic E-state index is -0.349. The van der Waals surface area contributed by atoms with Crippen LogP contribution in [0, 0.1) is 0 Å². The van der Waals surface area contributed by atoms with E-state index in [1.807, 2.05) is 0 Å². The Morgan fingerprint density at radius 3 is 2.46 bits per heavy atom. The quantitative estimate of drug-likeness (QED) is 0.747. The third-order valence-corrected chi connectivity index (χ3v) is 5.66. The molecule has 0 unspecified atom stereocenters. The summed E-state index contributed by atoms with van der Waals surface area (Å²) in [6.45, 7) is 2.10. The number of hydrogen-bond donors (Lipinski definition) is 0. The highest BCUT2D eigenvalue weighted by atomic mass is 16.3. The Morgan fingerprint density at radius 2 is 1.71 bits per heavy atom. The van der Waals surface area contributed by atoms with Gasteiger partial charge in [-0.15, -0.1) is 0 Å². The average Bonchev–Trinajstić information content (AvgIpc) is 3.02. The molecule has 0 radical (unpaired) electrons. The standard InChI is InChI=1S/C20H14O4/c1-20-6-2-3-10-9-24-19(17(10)20)18(23)13-7-11-12(8-14(13)20)16(22)5-4-15(11)21/h4-5,7-9H,2-3,6H2,1H3/t20-/m0/s1. The molecule has 4 heteroatoms. The maximum Gasteiger partial charge on any atom is 0.228 e. The van der Waals surface area contributed by atoms with E-state index < -0.39 is 0 Å². The molecule has 0 bridgehead atoms. The summed E-state index contributed by atoms with van der Waals surface area (Å²) in [5.74, 6) is -0.217. The smallest absolute Gasteiger partial charge is 0.228 e. The molecule has 0 spiro atoms. The van der Waals surface area contributed by atoms with Gasteiger partial charge in [0, 0.05) is 27.7 Å². The van der Waals surface area contributed by atoms with Crippen molar-refractivity contribution < 1.29 is 18.8 Å². The second-order valence-corrected chi connectivity index (χ2v) is 6.99. The van der Waals surface area contributed by atoms with Gasteiger partial charge in [-0.1, -0.05) is 6.92 Å². The average molecular weight is 318 g/mol. The van der Waals surface area contributed by atoms with Crippen LogP contribution in [0.15, 0.2) is 35.0 Å². The third-order valence-electron chi connectivity index (χ3n) is 5.66. The van der Waals surface area contributed by atoms with Crippen LogP contribution >= 0.6 is 0 Å². The Hall–Kier alpha value is -2.75. The number of carbonyl (C=O) groups excluding carboxylic acids is 3. The molecular weight excluding hydrogens is 304 g/mol. The van der Waals surface area contributed by atoms with Crippen LogP contribution in [0.4, 0.5) is 0 Å². The Balaban J connectivity index is 1.86. The van der Waals surface area contributed by atoms with Crippen molar-refractivity contribution in [3.8, 4) is 0 Å². The molecule has 3 aliphatic rings. The first-order valence-corrected chi connectivity index (χ1v) is 8.11. The van der Waals surface area contributed by atoms with Crippen LogP contribution in [-0.2, 0) is 11.8 Å². The first-order valence-electron chi connectivity index (χ1n) is 8.11. The van der Waals surface area contributed by atoms with E-state index in [0.29, 0.717) is 22.5 Å². The number of carbonyl (C=O) groups is 3. The number of allylic oxidation sites excluding steroid dienone is 2. The van der Waals surface area contributed by atoms with Crippen LogP contribution in [0.3, 0.4) is 0 Å². The van der Waals surface area contributed by atoms with E-state index in [1.165, 1.54) is 12.2 Å². The second-order valence-electron chi connectivity index (χ2n) is 6.99. The Kier molecular flexibility index (Phi) is 2.39. The SMILES string of the molecule is C[C@@]12CCCc3coc(c31)C(=O)c1cc3c(cc12)C(=O)C=CC3=O. The molecule has 1 atom stereocenters. The second kappa shape index (κ2) is 4.20. The summed E-state index contributed by atoms with van der Waals surface area (Å²) in [6, 6.07) is 3.35. The molecule has 5 rings (SSSR count). The van der Waals surface area contributed by atoms with E-state index in [1.54, 1.807) is 18.4 Å². The number of ketones is 3. The summed E-state index contributed by atoms with van der Waals surface area (Å²) >= 11 is 0. The highest BCUT2D eigenvalue weighted by Gasteiger charge is 2.46. The molecule has 4 nitrogen and oxygen atoms in total. The van der Waals surface area contributed by atoms with Crippen LogP contribution < -0.4 is 0 Å². The zero-order valence-electron chi connectivity index (χ0n) is 13.1. The molecule has 0 N–H and O–H groups in total. The molecule has 24 heavy (non-hydrogen) atoms. The molecule has 0 fully saturated rings. The highest BCUT2D eigenvalue weighted by Crippen LogP contribution is 2.50. The Morgan fingerprint density at radius 1 is 1.00 bits per heavy atom. The summed E-state index contributed by atoms with van der Waals surface area (Å²) in [5, 5.41) is 0. The molecule has 1 aromatic heterocycles. The van der Waals surface area contributed by atoms with Gasteiger partial charge in [-0.05, 0) is 54.7 Å². The van der Waals surface area contributed by atoms with Gasteiger partial charge in [-0.25, -0.2) is 0 Å². The van der Waals surface area contributed by atoms with Crippen molar-refractivity contribution in [2.75, 3.05) is 0 Å². The summed E-state index contributed by atoms with van der Waals surface area (Å²) in [4.78, 5) is 37.3. The lowest BCUT2D eigenvalue weighted by Crippen LogP contribution is -2.36. The van der Waals surface area contributed by atoms with Crippen LogP contribution in [0.2, 0.25) is 0 Å². The summed E-state index contributed by atoms with van der Waals surface area (Å²) < 4.78 is 5.60. The van der Waals surface area contributed by atoms with Crippen molar-refractivity contribution in [2.45, 2.75) is 31.6 Å². The summed E-state index contributed by atoms with van der Waals surface area (Å²) in [6.07, 6.45) is 7.05. The lowest BCUT2D eigenvalue weighted by atomic mass is 9.62. The van der Waals surface area contributed by atoms with E-state index in [4.69, 9.17) is 4.42 Å². The van der Waals surface area contributed by atoms with Crippen molar-refractivity contribution in [1.29, 1.82) is 0 Å². The van der Waals surface area contributed by atoms with Crippen LogP contribution in [0.25, 0.3) is 0 Å². The van der Waals surface area contributed by atoms with E-state index >= 15 is 0 Å². The molecule has 0 aliphatic heterocycles. The zero-order chi connectivity index (χ0) is 16.6. The maximum absolute atomic E-state index is 12.9. The number of rotatable bonds is 0. The van der Waals surface area contributed by atoms with Gasteiger partial charge in [0.1, 0.15) is 0 Å². The van der Waals surface area contributed by atoms with E-state index in [9.17, 15) is 14.4 Å². The van der Waals surface area contributed by atoms with Crippen LogP contribution in [0.5, 0.6) is 0 Å². The van der Waals surface area contributed by atoms with Crippen molar-refractivity contribution in [2.24, 2.45) is 0 Å². The molecule has 1 heterocycles. The molecule has 0 saturated carbocycles. The first-order chi connectivity index (χ1) is 11.5. The number of aryl methyl sites for hydroxylation is 1. The van der Waals surface area contributed by atoms with Gasteiger partial charge in [-0.3, -0.25) is 14.4 Å². The van der Waals surface area contributed by atoms with Gasteiger partial charge in [0.15, 0.2) is 17.3 Å². The van der Waals surface area contributed by atoms with Gasteiger partial charge in [0.05, 0.1) is 6.26 Å². The summed E-state index contributed by atoms with van der Waals surface area (Å²) in [5.41, 5.74) is 3.74. The van der Waals surface area contributed by atoms with Gasteiger partial charge in [-0.2, -0.15) is 0 Å². The molecule has 0 saturated heterocycles. The number of furan rings is 1. The van der Waals surface area contributed by atoms with Crippen molar-refractivity contribution in [1.82, 2.24) is 0 Å². The molecular formula is C20H14O4. The lowest BCUT2D eigenvalue weighted by molar-refractivity contribution is 0.0986. The zero-order valence-corrected chi connectivity index (χ0v) is 13.1. The van der Waals surface area contributed by atoms with Crippen LogP contribution in [-0.4, -0.2) is 17.3 Å². The number of benzene rings is 1. The Labute approximate surface area is 138 Å². The number of fused-ring (bicyclic) bond motifs is 3. The van der Waals surface area contributed by atoms with E-state index in [0.717, 1.165) is 36.0 Å². The summed E-state index contributed by atoms with van der Waals surface area (Å²) in [7, 11) is 0. The molecule has 3 aliphatic carbocycles. The predicted octanol–water partition coefficient (Wildman–Crippen LogP) is 3.40. The van der Waals surface area contributed by atoms with Gasteiger partial charge < -0.3 is 4.42 Å². The molecule has 1 aromatic carbocycles. The maximum atomic E-state index is 12.9. The fraction of sp³-hybridized carbons (Fsp3) is 0.250. The minimum absolute atomic E-state index is 0.183. The van der Waals surface area contributed by atoms with Gasteiger partial charge in [0.2, 0.25) is 5.78 Å². The molecule has 0 amide bonds. The molecule has 118 valence electrons. The third kappa shape index (κ3) is 1.46. The number of hydrogen-bond acceptors (Lipinski definition) is 4. The normalized spacial score (nSPS) is 23.8. The largest absolute Gasteiger partial charge is 0.460 e. The van der Waals surface area contributed by atoms with Gasteiger partial charge in [0.25, 0.3) is 0 Å². The van der Waals surface area contributed by atoms with E-state index in [2.05, 4.69) is 6.92 Å². The van der Waals surface area contributed by atoms with Crippen molar-refractivity contribution in [3.05, 3.63) is 69.7 Å². The van der Waals surface area contributed by atoms with Crippen molar-refractivity contribution in [3.63, 3.8) is 0 Å². The Bertz CT molecular complexity index is 1000. The van der Waals surface area contributed by atoms with E-state index in [-0.39, 0.29) is 22.8 Å². The minimum Gasteiger partial charge on any atom is -0.460 e. The van der Waals surface area contributed by atoms with Crippen molar-refractivity contribution >= 4 is 17.3 Å². The first kappa shape index (κ1) is 13.7. The van der Waals surface area contributed by atoms with Gasteiger partial charge >= 0.3 is 0 Å². The predicted molar refractivity (Wildman–Crippen MR) is 85.8 cm³/mol. The topological polar surface area (TPSA) is 64.3 Å². The highest BCUT2D eigenvalue weighted by molar-refractivity contribution is 6.23. The van der Waals surface area contributed by atoms with Crippen LogP contribution in [0.1, 0.15) is 73.3 Å².